The van der Waals surface area contributed by atoms with Crippen LogP contribution in [0.1, 0.15) is 71.6 Å². The van der Waals surface area contributed by atoms with Crippen LogP contribution in [0.3, 0.4) is 0 Å². The Morgan fingerprint density at radius 1 is 0.933 bits per heavy atom. The molecule has 0 saturated carbocycles. The second-order valence-electron chi connectivity index (χ2n) is 4.39. The fourth-order valence-corrected chi connectivity index (χ4v) is 1.69. The first-order chi connectivity index (χ1) is 7.31. The molecule has 0 fully saturated rings. The van der Waals surface area contributed by atoms with Crippen LogP contribution in [-0.4, -0.2) is 6.04 Å². The highest BCUT2D eigenvalue weighted by atomic mass is 14.6. The van der Waals surface area contributed by atoms with Crippen LogP contribution in [0.4, 0.5) is 0 Å². The van der Waals surface area contributed by atoms with Crippen molar-refractivity contribution in [3.63, 3.8) is 0 Å². The van der Waals surface area contributed by atoms with Gasteiger partial charge in [0, 0.05) is 6.04 Å². The van der Waals surface area contributed by atoms with Crippen LogP contribution in [0.15, 0.2) is 12.2 Å². The topological polar surface area (TPSA) is 26.0 Å². The molecule has 0 rings (SSSR count). The quantitative estimate of drug-likeness (QED) is 0.420. The van der Waals surface area contributed by atoms with Crippen molar-refractivity contribution in [3.05, 3.63) is 12.2 Å². The highest BCUT2D eigenvalue weighted by molar-refractivity contribution is 4.79. The normalized spacial score (nSPS) is 13.5. The summed E-state index contributed by atoms with van der Waals surface area (Å²) in [6.07, 6.45) is 16.2. The molecule has 0 aromatic heterocycles. The predicted molar refractivity (Wildman–Crippen MR) is 70.0 cm³/mol. The Bertz CT molecular complexity index is 140. The summed E-state index contributed by atoms with van der Waals surface area (Å²) in [6, 6.07) is 0.442. The third kappa shape index (κ3) is 11.6. The van der Waals surface area contributed by atoms with Crippen LogP contribution in [0.2, 0.25) is 0 Å². The molecule has 0 saturated heterocycles. The largest absolute Gasteiger partial charge is 0.328 e. The van der Waals surface area contributed by atoms with Gasteiger partial charge in [-0.25, -0.2) is 0 Å². The van der Waals surface area contributed by atoms with Crippen molar-refractivity contribution >= 4 is 0 Å². The second kappa shape index (κ2) is 11.8. The number of hydrogen-bond acceptors (Lipinski definition) is 1. The van der Waals surface area contributed by atoms with Gasteiger partial charge in [-0.15, -0.1) is 0 Å². The van der Waals surface area contributed by atoms with E-state index in [9.17, 15) is 0 Å². The Hall–Kier alpha value is -0.300. The minimum absolute atomic E-state index is 0.442. The van der Waals surface area contributed by atoms with Crippen molar-refractivity contribution in [2.75, 3.05) is 0 Å². The molecule has 0 aliphatic carbocycles. The summed E-state index contributed by atoms with van der Waals surface area (Å²) in [5.41, 5.74) is 5.86. The SMILES string of the molecule is CC/C=C\CCCCCCCC(N)CC. The van der Waals surface area contributed by atoms with Crippen LogP contribution in [0.25, 0.3) is 0 Å². The molecule has 1 heteroatoms. The number of rotatable bonds is 10. The van der Waals surface area contributed by atoms with Crippen molar-refractivity contribution in [1.29, 1.82) is 0 Å². The summed E-state index contributed by atoms with van der Waals surface area (Å²) < 4.78 is 0. The Kier molecular flexibility index (Phi) is 11.5. The lowest BCUT2D eigenvalue weighted by atomic mass is 10.0. The van der Waals surface area contributed by atoms with Crippen LogP contribution >= 0.6 is 0 Å². The van der Waals surface area contributed by atoms with Gasteiger partial charge in [0.1, 0.15) is 0 Å². The van der Waals surface area contributed by atoms with Crippen molar-refractivity contribution in [2.24, 2.45) is 5.73 Å². The molecule has 0 spiro atoms. The Labute approximate surface area is 96.1 Å². The van der Waals surface area contributed by atoms with Crippen LogP contribution < -0.4 is 5.73 Å². The van der Waals surface area contributed by atoms with Crippen LogP contribution in [-0.2, 0) is 0 Å². The highest BCUT2D eigenvalue weighted by Gasteiger charge is 1.97. The van der Waals surface area contributed by atoms with Gasteiger partial charge >= 0.3 is 0 Å². The minimum Gasteiger partial charge on any atom is -0.328 e. The van der Waals surface area contributed by atoms with Gasteiger partial charge in [-0.3, -0.25) is 0 Å². The zero-order valence-electron chi connectivity index (χ0n) is 10.7. The molecule has 2 N–H and O–H groups in total. The van der Waals surface area contributed by atoms with E-state index in [1.165, 1.54) is 51.4 Å². The molecular weight excluding hydrogens is 182 g/mol. The molecule has 0 aliphatic heterocycles. The smallest absolute Gasteiger partial charge is 0.00362 e. The fraction of sp³-hybridized carbons (Fsp3) is 0.857. The van der Waals surface area contributed by atoms with Gasteiger partial charge in [0.15, 0.2) is 0 Å². The molecule has 0 aromatic carbocycles. The van der Waals surface area contributed by atoms with Gasteiger partial charge in [0.05, 0.1) is 0 Å². The molecule has 1 unspecified atom stereocenters. The molecule has 0 aliphatic rings. The second-order valence-corrected chi connectivity index (χ2v) is 4.39. The van der Waals surface area contributed by atoms with Gasteiger partial charge < -0.3 is 5.73 Å². The summed E-state index contributed by atoms with van der Waals surface area (Å²) in [7, 11) is 0. The third-order valence-electron chi connectivity index (χ3n) is 2.87. The third-order valence-corrected chi connectivity index (χ3v) is 2.87. The van der Waals surface area contributed by atoms with Gasteiger partial charge in [0.25, 0.3) is 0 Å². The molecule has 1 atom stereocenters. The summed E-state index contributed by atoms with van der Waals surface area (Å²) in [5.74, 6) is 0. The molecule has 1 nitrogen and oxygen atoms in total. The summed E-state index contributed by atoms with van der Waals surface area (Å²) in [4.78, 5) is 0. The average molecular weight is 211 g/mol. The first kappa shape index (κ1) is 14.7. The fourth-order valence-electron chi connectivity index (χ4n) is 1.69. The maximum absolute atomic E-state index is 5.86. The maximum Gasteiger partial charge on any atom is 0.00362 e. The van der Waals surface area contributed by atoms with Crippen molar-refractivity contribution < 1.29 is 0 Å². The highest BCUT2D eigenvalue weighted by Crippen LogP contribution is 2.09. The standard InChI is InChI=1S/C14H29N/c1-3-5-6-7-8-9-10-11-12-13-14(15)4-2/h5-6,14H,3-4,7-13,15H2,1-2H3/b6-5-. The average Bonchev–Trinajstić information content (AvgIpc) is 2.26. The van der Waals surface area contributed by atoms with E-state index in [1.807, 2.05) is 0 Å². The first-order valence-corrected chi connectivity index (χ1v) is 6.71. The van der Waals surface area contributed by atoms with Crippen molar-refractivity contribution in [2.45, 2.75) is 77.7 Å². The first-order valence-electron chi connectivity index (χ1n) is 6.71. The maximum atomic E-state index is 5.86. The van der Waals surface area contributed by atoms with E-state index in [0.717, 1.165) is 6.42 Å². The molecule has 90 valence electrons. The minimum atomic E-state index is 0.442. The van der Waals surface area contributed by atoms with Crippen molar-refractivity contribution in [1.82, 2.24) is 0 Å². The molecule has 0 amide bonds. The van der Waals surface area contributed by atoms with E-state index in [4.69, 9.17) is 5.73 Å². The number of hydrogen-bond donors (Lipinski definition) is 1. The van der Waals surface area contributed by atoms with Gasteiger partial charge in [-0.1, -0.05) is 51.7 Å². The van der Waals surface area contributed by atoms with E-state index in [0.29, 0.717) is 6.04 Å². The molecule has 0 bridgehead atoms. The molecule has 0 radical (unpaired) electrons. The lowest BCUT2D eigenvalue weighted by Crippen LogP contribution is -2.17. The summed E-state index contributed by atoms with van der Waals surface area (Å²) in [6.45, 7) is 4.36. The number of allylic oxidation sites excluding steroid dienone is 2. The Morgan fingerprint density at radius 3 is 2.27 bits per heavy atom. The molecule has 15 heavy (non-hydrogen) atoms. The molecule has 0 heterocycles. The lowest BCUT2D eigenvalue weighted by molar-refractivity contribution is 0.528. The van der Waals surface area contributed by atoms with Gasteiger partial charge in [0.2, 0.25) is 0 Å². The van der Waals surface area contributed by atoms with E-state index in [-0.39, 0.29) is 0 Å². The molecule has 0 aromatic rings. The van der Waals surface area contributed by atoms with E-state index >= 15 is 0 Å². The summed E-state index contributed by atoms with van der Waals surface area (Å²) in [5, 5.41) is 0. The predicted octanol–water partition coefficient (Wildman–Crippen LogP) is 4.42. The monoisotopic (exact) mass is 211 g/mol. The van der Waals surface area contributed by atoms with Crippen LogP contribution in [0, 0.1) is 0 Å². The zero-order chi connectivity index (χ0) is 11.4. The number of unbranched alkanes of at least 4 members (excludes halogenated alkanes) is 5. The van der Waals surface area contributed by atoms with Crippen LogP contribution in [0.5, 0.6) is 0 Å². The Balaban J connectivity index is 3.02. The summed E-state index contributed by atoms with van der Waals surface area (Å²) >= 11 is 0. The van der Waals surface area contributed by atoms with E-state index < -0.39 is 0 Å². The lowest BCUT2D eigenvalue weighted by Gasteiger charge is -2.07. The zero-order valence-corrected chi connectivity index (χ0v) is 10.7. The number of nitrogens with two attached hydrogens (primary N) is 1. The van der Waals surface area contributed by atoms with E-state index in [1.54, 1.807) is 0 Å². The van der Waals surface area contributed by atoms with Gasteiger partial charge in [-0.05, 0) is 32.1 Å². The van der Waals surface area contributed by atoms with E-state index in [2.05, 4.69) is 26.0 Å². The van der Waals surface area contributed by atoms with Gasteiger partial charge in [-0.2, -0.15) is 0 Å². The Morgan fingerprint density at radius 2 is 1.60 bits per heavy atom. The molecular formula is C14H29N. The van der Waals surface area contributed by atoms with Crippen molar-refractivity contribution in [3.8, 4) is 0 Å².